The van der Waals surface area contributed by atoms with Gasteiger partial charge in [-0.2, -0.15) is 0 Å². The molecule has 0 saturated heterocycles. The Balaban J connectivity index is 4.07. The summed E-state index contributed by atoms with van der Waals surface area (Å²) >= 11 is 5.52. The first-order valence-electron chi connectivity index (χ1n) is 5.02. The van der Waals surface area contributed by atoms with Gasteiger partial charge in [0.1, 0.15) is 0 Å². The molecule has 2 nitrogen and oxygen atoms in total. The van der Waals surface area contributed by atoms with Gasteiger partial charge in [-0.3, -0.25) is 4.79 Å². The van der Waals surface area contributed by atoms with Gasteiger partial charge in [0.15, 0.2) is 0 Å². The number of carbonyl (C=O) groups is 1. The summed E-state index contributed by atoms with van der Waals surface area (Å²) in [6.45, 7) is 11.2. The summed E-state index contributed by atoms with van der Waals surface area (Å²) in [5, 5.41) is -0.304. The number of rotatable bonds is 5. The molecular weight excluding hydrogens is 200 g/mol. The number of hydrogen-bond acceptors (Lipinski definition) is 2. The predicted molar refractivity (Wildman–Crippen MR) is 59.5 cm³/mol. The van der Waals surface area contributed by atoms with Crippen LogP contribution in [0.3, 0.4) is 0 Å². The van der Waals surface area contributed by atoms with E-state index in [1.807, 2.05) is 20.8 Å². The van der Waals surface area contributed by atoms with Crippen molar-refractivity contribution >= 4 is 16.8 Å². The minimum absolute atomic E-state index is 0.129. The molecule has 0 heterocycles. The Hall–Kier alpha value is -0.0800. The van der Waals surface area contributed by atoms with Gasteiger partial charge in [0, 0.05) is 6.61 Å². The lowest BCUT2D eigenvalue weighted by Gasteiger charge is -2.27. The van der Waals surface area contributed by atoms with Crippen molar-refractivity contribution in [2.45, 2.75) is 34.6 Å². The van der Waals surface area contributed by atoms with E-state index >= 15 is 0 Å². The van der Waals surface area contributed by atoms with Crippen LogP contribution in [0.4, 0.5) is 0 Å². The largest absolute Gasteiger partial charge is 0.380 e. The molecule has 3 heteroatoms. The van der Waals surface area contributed by atoms with E-state index in [9.17, 15) is 4.79 Å². The smallest absolute Gasteiger partial charge is 0.227 e. The normalized spacial score (nSPS) is 14.5. The van der Waals surface area contributed by atoms with Crippen molar-refractivity contribution in [1.29, 1.82) is 0 Å². The van der Waals surface area contributed by atoms with Crippen LogP contribution in [0.25, 0.3) is 0 Å². The highest BCUT2D eigenvalue weighted by atomic mass is 35.5. The van der Waals surface area contributed by atoms with E-state index in [0.717, 1.165) is 0 Å². The van der Waals surface area contributed by atoms with Gasteiger partial charge in [-0.25, -0.2) is 0 Å². The van der Waals surface area contributed by atoms with E-state index in [1.165, 1.54) is 0 Å². The quantitative estimate of drug-likeness (QED) is 0.666. The molecule has 0 aliphatic heterocycles. The molecule has 0 rings (SSSR count). The van der Waals surface area contributed by atoms with Crippen LogP contribution in [-0.2, 0) is 9.53 Å². The average molecular weight is 221 g/mol. The summed E-state index contributed by atoms with van der Waals surface area (Å²) in [5.74, 6) is 0.268. The van der Waals surface area contributed by atoms with Gasteiger partial charge in [-0.05, 0) is 22.9 Å². The standard InChI is InChI=1S/C11H21ClO2/c1-8(2)6-14-7-9(10(12)13)11(3,4)5/h8-9H,6-7H2,1-5H3. The van der Waals surface area contributed by atoms with E-state index in [0.29, 0.717) is 19.1 Å². The third-order valence-corrected chi connectivity index (χ3v) is 2.32. The third-order valence-electron chi connectivity index (χ3n) is 2.06. The van der Waals surface area contributed by atoms with Gasteiger partial charge in [0.2, 0.25) is 5.24 Å². The molecule has 0 fully saturated rings. The summed E-state index contributed by atoms with van der Waals surface area (Å²) in [4.78, 5) is 11.2. The van der Waals surface area contributed by atoms with Crippen molar-refractivity contribution in [2.24, 2.45) is 17.3 Å². The molecule has 14 heavy (non-hydrogen) atoms. The summed E-state index contributed by atoms with van der Waals surface area (Å²) in [6, 6.07) is 0. The second-order valence-electron chi connectivity index (χ2n) is 5.15. The van der Waals surface area contributed by atoms with Crippen LogP contribution in [0.5, 0.6) is 0 Å². The number of carbonyl (C=O) groups excluding carboxylic acids is 1. The fourth-order valence-electron chi connectivity index (χ4n) is 1.08. The molecule has 0 aromatic rings. The van der Waals surface area contributed by atoms with Crippen molar-refractivity contribution in [1.82, 2.24) is 0 Å². The van der Waals surface area contributed by atoms with E-state index in [-0.39, 0.29) is 16.6 Å². The van der Waals surface area contributed by atoms with Gasteiger partial charge < -0.3 is 4.74 Å². The highest BCUT2D eigenvalue weighted by molar-refractivity contribution is 6.64. The summed E-state index contributed by atoms with van der Waals surface area (Å²) < 4.78 is 5.44. The topological polar surface area (TPSA) is 26.3 Å². The van der Waals surface area contributed by atoms with Gasteiger partial charge in [0.25, 0.3) is 0 Å². The number of ether oxygens (including phenoxy) is 1. The van der Waals surface area contributed by atoms with E-state index in [4.69, 9.17) is 16.3 Å². The fourth-order valence-corrected chi connectivity index (χ4v) is 1.47. The van der Waals surface area contributed by atoms with Gasteiger partial charge >= 0.3 is 0 Å². The summed E-state index contributed by atoms with van der Waals surface area (Å²) in [7, 11) is 0. The zero-order valence-electron chi connectivity index (χ0n) is 9.76. The van der Waals surface area contributed by atoms with E-state index in [1.54, 1.807) is 0 Å². The Morgan fingerprint density at radius 3 is 2.07 bits per heavy atom. The molecule has 0 aromatic heterocycles. The Labute approximate surface area is 92.0 Å². The second kappa shape index (κ2) is 5.72. The molecule has 0 aliphatic rings. The Bertz CT molecular complexity index is 182. The van der Waals surface area contributed by atoms with Gasteiger partial charge in [-0.15, -0.1) is 0 Å². The SMILES string of the molecule is CC(C)COCC(C(=O)Cl)C(C)(C)C. The van der Waals surface area contributed by atoms with Gasteiger partial charge in [0.05, 0.1) is 12.5 Å². The van der Waals surface area contributed by atoms with Crippen LogP contribution in [0.15, 0.2) is 0 Å². The maximum Gasteiger partial charge on any atom is 0.227 e. The second-order valence-corrected chi connectivity index (χ2v) is 5.53. The highest BCUT2D eigenvalue weighted by Gasteiger charge is 2.30. The zero-order valence-corrected chi connectivity index (χ0v) is 10.5. The Morgan fingerprint density at radius 1 is 1.29 bits per heavy atom. The first-order valence-corrected chi connectivity index (χ1v) is 5.40. The molecule has 0 radical (unpaired) electrons. The van der Waals surface area contributed by atoms with Crippen LogP contribution >= 0.6 is 11.6 Å². The van der Waals surface area contributed by atoms with E-state index in [2.05, 4.69) is 13.8 Å². The van der Waals surface area contributed by atoms with E-state index < -0.39 is 0 Å². The molecule has 0 bridgehead atoms. The zero-order chi connectivity index (χ0) is 11.4. The average Bonchev–Trinajstić information content (AvgIpc) is 1.94. The minimum atomic E-state index is -0.304. The van der Waals surface area contributed by atoms with Crippen molar-refractivity contribution in [2.75, 3.05) is 13.2 Å². The maximum absolute atomic E-state index is 11.2. The van der Waals surface area contributed by atoms with Crippen LogP contribution in [-0.4, -0.2) is 18.5 Å². The number of hydrogen-bond donors (Lipinski definition) is 0. The van der Waals surface area contributed by atoms with Crippen molar-refractivity contribution in [3.8, 4) is 0 Å². The lowest BCUT2D eigenvalue weighted by molar-refractivity contribution is -0.121. The van der Waals surface area contributed by atoms with Crippen LogP contribution < -0.4 is 0 Å². The molecule has 1 unspecified atom stereocenters. The van der Waals surface area contributed by atoms with Gasteiger partial charge in [-0.1, -0.05) is 34.6 Å². The van der Waals surface area contributed by atoms with Crippen LogP contribution in [0.2, 0.25) is 0 Å². The molecule has 0 aliphatic carbocycles. The molecular formula is C11H21ClO2. The van der Waals surface area contributed by atoms with Crippen LogP contribution in [0.1, 0.15) is 34.6 Å². The molecule has 0 aromatic carbocycles. The van der Waals surface area contributed by atoms with Crippen molar-refractivity contribution < 1.29 is 9.53 Å². The third kappa shape index (κ3) is 5.61. The maximum atomic E-state index is 11.2. The monoisotopic (exact) mass is 220 g/mol. The molecule has 0 N–H and O–H groups in total. The molecule has 84 valence electrons. The summed E-state index contributed by atoms with van der Waals surface area (Å²) in [5.41, 5.74) is -0.129. The van der Waals surface area contributed by atoms with Crippen LogP contribution in [0, 0.1) is 17.3 Å². The molecule has 0 spiro atoms. The molecule has 1 atom stereocenters. The summed E-state index contributed by atoms with van der Waals surface area (Å²) in [6.07, 6.45) is 0. The Kier molecular flexibility index (Phi) is 5.68. The Morgan fingerprint density at radius 2 is 1.79 bits per heavy atom. The molecule has 0 saturated carbocycles. The molecule has 0 amide bonds. The van der Waals surface area contributed by atoms with Crippen molar-refractivity contribution in [3.05, 3.63) is 0 Å². The lowest BCUT2D eigenvalue weighted by atomic mass is 9.82. The first-order chi connectivity index (χ1) is 6.25. The minimum Gasteiger partial charge on any atom is -0.380 e. The predicted octanol–water partition coefficient (Wildman–Crippen LogP) is 3.09. The first kappa shape index (κ1) is 13.9. The van der Waals surface area contributed by atoms with Crippen molar-refractivity contribution in [3.63, 3.8) is 0 Å². The highest BCUT2D eigenvalue weighted by Crippen LogP contribution is 2.28. The number of halogens is 1. The lowest BCUT2D eigenvalue weighted by Crippen LogP contribution is -2.30. The fraction of sp³-hybridized carbons (Fsp3) is 0.909.